The first kappa shape index (κ1) is 25.5. The maximum Gasteiger partial charge on any atom is 0.312 e. The van der Waals surface area contributed by atoms with E-state index in [1.165, 1.54) is 48.5 Å². The summed E-state index contributed by atoms with van der Waals surface area (Å²) in [7, 11) is -4.02. The van der Waals surface area contributed by atoms with E-state index in [0.29, 0.717) is 12.4 Å². The van der Waals surface area contributed by atoms with Crippen molar-refractivity contribution < 1.29 is 28.0 Å². The van der Waals surface area contributed by atoms with Crippen molar-refractivity contribution in [3.63, 3.8) is 0 Å². The largest absolute Gasteiger partial charge is 0.502 e. The van der Waals surface area contributed by atoms with E-state index >= 15 is 0 Å². The zero-order valence-electron chi connectivity index (χ0n) is 18.1. The number of aromatic hydroxyl groups is 1. The van der Waals surface area contributed by atoms with Crippen LogP contribution in [0.15, 0.2) is 70.7 Å². The van der Waals surface area contributed by atoms with Gasteiger partial charge in [-0.05, 0) is 49.4 Å². The standard InChI is InChI=1S/C22H19ClN4O7S/c1-2-34-16-7-9-17(10-8-16)35(32,33)26-19-6-4-3-5-18(19)22(29)25-24-13-14-11-15(23)12-20(21(14)28)27(30)31/h3-13,26,28H,2H2,1H3,(H,25,29)/b24-13-. The molecular weight excluding hydrogens is 500 g/mol. The zero-order chi connectivity index (χ0) is 25.6. The van der Waals surface area contributed by atoms with Gasteiger partial charge in [-0.3, -0.25) is 19.6 Å². The summed E-state index contributed by atoms with van der Waals surface area (Å²) in [5.41, 5.74) is 1.41. The Balaban J connectivity index is 1.79. The number of hydrazone groups is 1. The molecule has 0 atom stereocenters. The van der Waals surface area contributed by atoms with Crippen molar-refractivity contribution in [2.75, 3.05) is 11.3 Å². The van der Waals surface area contributed by atoms with E-state index in [4.69, 9.17) is 16.3 Å². The Hall–Kier alpha value is -4.16. The van der Waals surface area contributed by atoms with Gasteiger partial charge in [-0.2, -0.15) is 5.10 Å². The molecule has 0 radical (unpaired) electrons. The fraction of sp³-hybridized carbons (Fsp3) is 0.0909. The molecular formula is C22H19ClN4O7S. The van der Waals surface area contributed by atoms with Gasteiger partial charge < -0.3 is 9.84 Å². The molecule has 13 heteroatoms. The van der Waals surface area contributed by atoms with Crippen LogP contribution in [-0.4, -0.2) is 37.2 Å². The van der Waals surface area contributed by atoms with Crippen LogP contribution in [-0.2, 0) is 10.0 Å². The number of ether oxygens (including phenoxy) is 1. The molecule has 3 N–H and O–H groups in total. The van der Waals surface area contributed by atoms with Crippen LogP contribution in [0, 0.1) is 10.1 Å². The molecule has 3 aromatic carbocycles. The number of carbonyl (C=O) groups is 1. The van der Waals surface area contributed by atoms with Crippen LogP contribution in [0.1, 0.15) is 22.8 Å². The van der Waals surface area contributed by atoms with Gasteiger partial charge in [-0.25, -0.2) is 13.8 Å². The van der Waals surface area contributed by atoms with Crippen LogP contribution >= 0.6 is 11.6 Å². The second-order valence-corrected chi connectivity index (χ2v) is 8.99. The van der Waals surface area contributed by atoms with Gasteiger partial charge in [0.05, 0.1) is 33.9 Å². The van der Waals surface area contributed by atoms with Gasteiger partial charge in [0.25, 0.3) is 15.9 Å². The summed E-state index contributed by atoms with van der Waals surface area (Å²) < 4.78 is 33.3. The molecule has 1 amide bonds. The molecule has 0 saturated carbocycles. The Labute approximate surface area is 205 Å². The van der Waals surface area contributed by atoms with E-state index in [0.717, 1.165) is 12.3 Å². The van der Waals surface area contributed by atoms with E-state index in [1.807, 2.05) is 0 Å². The lowest BCUT2D eigenvalue weighted by molar-refractivity contribution is -0.385. The van der Waals surface area contributed by atoms with Crippen molar-refractivity contribution in [2.45, 2.75) is 11.8 Å². The third kappa shape index (κ3) is 6.25. The smallest absolute Gasteiger partial charge is 0.312 e. The molecule has 35 heavy (non-hydrogen) atoms. The monoisotopic (exact) mass is 518 g/mol. The lowest BCUT2D eigenvalue weighted by Gasteiger charge is -2.12. The number of hydrogen-bond acceptors (Lipinski definition) is 8. The molecule has 0 aromatic heterocycles. The maximum atomic E-state index is 12.8. The number of halogens is 1. The second kappa shape index (κ2) is 10.8. The fourth-order valence-electron chi connectivity index (χ4n) is 2.92. The van der Waals surface area contributed by atoms with Gasteiger partial charge in [0, 0.05) is 16.7 Å². The first-order valence-corrected chi connectivity index (χ1v) is 11.8. The molecule has 182 valence electrons. The van der Waals surface area contributed by atoms with Gasteiger partial charge >= 0.3 is 5.69 Å². The van der Waals surface area contributed by atoms with Crippen LogP contribution < -0.4 is 14.9 Å². The number of carbonyl (C=O) groups excluding carboxylic acids is 1. The molecule has 0 bridgehead atoms. The van der Waals surface area contributed by atoms with Crippen LogP contribution in [0.3, 0.4) is 0 Å². The van der Waals surface area contributed by atoms with E-state index in [-0.39, 0.29) is 26.7 Å². The van der Waals surface area contributed by atoms with E-state index in [9.17, 15) is 28.4 Å². The van der Waals surface area contributed by atoms with Gasteiger partial charge in [0.1, 0.15) is 5.75 Å². The van der Waals surface area contributed by atoms with E-state index in [2.05, 4.69) is 15.2 Å². The lowest BCUT2D eigenvalue weighted by atomic mass is 10.2. The number of hydrogen-bond donors (Lipinski definition) is 3. The minimum atomic E-state index is -4.02. The fourth-order valence-corrected chi connectivity index (χ4v) is 4.22. The minimum absolute atomic E-state index is 0.00433. The molecule has 0 saturated heterocycles. The first-order valence-electron chi connectivity index (χ1n) is 9.97. The number of phenols is 1. The van der Waals surface area contributed by atoms with Crippen molar-refractivity contribution in [2.24, 2.45) is 5.10 Å². The van der Waals surface area contributed by atoms with Crippen molar-refractivity contribution in [3.05, 3.63) is 86.9 Å². The van der Waals surface area contributed by atoms with E-state index < -0.39 is 32.3 Å². The molecule has 3 rings (SSSR count). The number of phenolic OH excluding ortho intramolecular Hbond substituents is 1. The topological polar surface area (TPSA) is 160 Å². The number of benzene rings is 3. The minimum Gasteiger partial charge on any atom is -0.502 e. The molecule has 11 nitrogen and oxygen atoms in total. The Kier molecular flexibility index (Phi) is 7.89. The molecule has 0 unspecified atom stereocenters. The summed E-state index contributed by atoms with van der Waals surface area (Å²) in [4.78, 5) is 22.8. The van der Waals surface area contributed by atoms with E-state index in [1.54, 1.807) is 13.0 Å². The highest BCUT2D eigenvalue weighted by Crippen LogP contribution is 2.32. The van der Waals surface area contributed by atoms with Gasteiger partial charge in [-0.1, -0.05) is 23.7 Å². The summed E-state index contributed by atoms with van der Waals surface area (Å²) in [5.74, 6) is -0.941. The van der Waals surface area contributed by atoms with Crippen molar-refractivity contribution >= 4 is 45.1 Å². The summed E-state index contributed by atoms with van der Waals surface area (Å²) >= 11 is 5.82. The number of anilines is 1. The molecule has 3 aromatic rings. The number of nitrogens with one attached hydrogen (secondary N) is 2. The van der Waals surface area contributed by atoms with Gasteiger partial charge in [-0.15, -0.1) is 0 Å². The number of amides is 1. The Morgan fingerprint density at radius 1 is 1.20 bits per heavy atom. The molecule has 0 aliphatic rings. The normalized spacial score (nSPS) is 11.3. The summed E-state index contributed by atoms with van der Waals surface area (Å²) in [6.07, 6.45) is 0.971. The van der Waals surface area contributed by atoms with Crippen LogP contribution in [0.5, 0.6) is 11.5 Å². The SMILES string of the molecule is CCOc1ccc(S(=O)(=O)Nc2ccccc2C(=O)N/N=C\c2cc(Cl)cc([N+](=O)[O-])c2O)cc1. The molecule has 0 heterocycles. The van der Waals surface area contributed by atoms with Crippen LogP contribution in [0.2, 0.25) is 5.02 Å². The predicted molar refractivity (Wildman–Crippen MR) is 130 cm³/mol. The highest BCUT2D eigenvalue weighted by Gasteiger charge is 2.20. The number of nitro groups is 1. The van der Waals surface area contributed by atoms with Crippen molar-refractivity contribution in [1.29, 1.82) is 0 Å². The predicted octanol–water partition coefficient (Wildman–Crippen LogP) is 3.92. The van der Waals surface area contributed by atoms with Crippen LogP contribution in [0.25, 0.3) is 0 Å². The molecule has 0 aliphatic heterocycles. The number of rotatable bonds is 9. The van der Waals surface area contributed by atoms with Gasteiger partial charge in [0.15, 0.2) is 0 Å². The second-order valence-electron chi connectivity index (χ2n) is 6.87. The summed E-state index contributed by atoms with van der Waals surface area (Å²) in [6, 6.07) is 13.8. The van der Waals surface area contributed by atoms with Crippen molar-refractivity contribution in [1.82, 2.24) is 5.43 Å². The third-order valence-electron chi connectivity index (χ3n) is 4.51. The Bertz CT molecular complexity index is 1390. The Morgan fingerprint density at radius 3 is 2.54 bits per heavy atom. The van der Waals surface area contributed by atoms with Crippen molar-refractivity contribution in [3.8, 4) is 11.5 Å². The average Bonchev–Trinajstić information content (AvgIpc) is 2.81. The molecule has 0 spiro atoms. The number of nitrogens with zero attached hydrogens (tertiary/aromatic N) is 2. The third-order valence-corrected chi connectivity index (χ3v) is 6.11. The maximum absolute atomic E-state index is 12.8. The highest BCUT2D eigenvalue weighted by molar-refractivity contribution is 7.92. The number of para-hydroxylation sites is 1. The summed E-state index contributed by atoms with van der Waals surface area (Å²) in [5, 5.41) is 24.7. The van der Waals surface area contributed by atoms with Gasteiger partial charge in [0.2, 0.25) is 5.75 Å². The highest BCUT2D eigenvalue weighted by atomic mass is 35.5. The quantitative estimate of drug-likeness (QED) is 0.220. The zero-order valence-corrected chi connectivity index (χ0v) is 19.7. The number of nitro benzene ring substituents is 1. The summed E-state index contributed by atoms with van der Waals surface area (Å²) in [6.45, 7) is 2.24. The average molecular weight is 519 g/mol. The molecule has 0 fully saturated rings. The Morgan fingerprint density at radius 2 is 1.89 bits per heavy atom. The molecule has 0 aliphatic carbocycles. The lowest BCUT2D eigenvalue weighted by Crippen LogP contribution is -2.21. The van der Waals surface area contributed by atoms with Crippen LogP contribution in [0.4, 0.5) is 11.4 Å². The number of sulfonamides is 1. The first-order chi connectivity index (χ1) is 16.6.